The number of alkyl halides is 3. The Morgan fingerprint density at radius 3 is 2.41 bits per heavy atom. The maximum absolute atomic E-state index is 12.1. The van der Waals surface area contributed by atoms with Crippen LogP contribution in [0.2, 0.25) is 0 Å². The number of benzene rings is 1. The molecule has 0 amide bonds. The van der Waals surface area contributed by atoms with E-state index in [1.54, 1.807) is 18.2 Å². The first kappa shape index (κ1) is 16.1. The van der Waals surface area contributed by atoms with Crippen LogP contribution in [0.25, 0.3) is 0 Å². The molecule has 0 aliphatic carbocycles. The fraction of sp³-hybridized carbons (Fsp3) is 0.455. The first-order chi connectivity index (χ1) is 7.33. The highest BCUT2D eigenvalue weighted by molar-refractivity contribution is 5.85. The third-order valence-electron chi connectivity index (χ3n) is 2.31. The summed E-state index contributed by atoms with van der Waals surface area (Å²) < 4.78 is 41.5. The van der Waals surface area contributed by atoms with Gasteiger partial charge in [-0.25, -0.2) is 0 Å². The molecule has 2 N–H and O–H groups in total. The van der Waals surface area contributed by atoms with Crippen LogP contribution in [0.1, 0.15) is 23.6 Å². The van der Waals surface area contributed by atoms with Crippen molar-refractivity contribution in [2.75, 3.05) is 7.11 Å². The highest BCUT2D eigenvalue weighted by atomic mass is 35.5. The molecule has 17 heavy (non-hydrogen) atoms. The zero-order valence-corrected chi connectivity index (χ0v) is 10.4. The molecule has 2 nitrogen and oxygen atoms in total. The van der Waals surface area contributed by atoms with Crippen LogP contribution in [-0.2, 0) is 0 Å². The third kappa shape index (κ3) is 4.83. The van der Waals surface area contributed by atoms with Crippen molar-refractivity contribution in [2.45, 2.75) is 25.6 Å². The van der Waals surface area contributed by atoms with Crippen LogP contribution in [0.3, 0.4) is 0 Å². The molecule has 0 unspecified atom stereocenters. The topological polar surface area (TPSA) is 35.2 Å². The van der Waals surface area contributed by atoms with Gasteiger partial charge in [-0.05, 0) is 24.1 Å². The Morgan fingerprint density at radius 2 is 1.94 bits per heavy atom. The molecule has 98 valence electrons. The van der Waals surface area contributed by atoms with Gasteiger partial charge in [0.1, 0.15) is 5.75 Å². The smallest absolute Gasteiger partial charge is 0.390 e. The van der Waals surface area contributed by atoms with E-state index < -0.39 is 18.6 Å². The van der Waals surface area contributed by atoms with E-state index in [1.165, 1.54) is 7.11 Å². The Hall–Kier alpha value is -0.940. The lowest BCUT2D eigenvalue weighted by atomic mass is 10.0. The summed E-state index contributed by atoms with van der Waals surface area (Å²) in [5.41, 5.74) is 6.78. The van der Waals surface area contributed by atoms with Gasteiger partial charge in [-0.3, -0.25) is 0 Å². The van der Waals surface area contributed by atoms with Crippen LogP contribution >= 0.6 is 12.4 Å². The molecule has 0 saturated heterocycles. The van der Waals surface area contributed by atoms with E-state index in [-0.39, 0.29) is 12.4 Å². The summed E-state index contributed by atoms with van der Waals surface area (Å²) in [4.78, 5) is 0. The van der Waals surface area contributed by atoms with Crippen molar-refractivity contribution in [1.82, 2.24) is 0 Å². The van der Waals surface area contributed by atoms with Crippen molar-refractivity contribution < 1.29 is 17.9 Å². The number of hydrogen-bond acceptors (Lipinski definition) is 2. The van der Waals surface area contributed by atoms with Crippen molar-refractivity contribution >= 4 is 12.4 Å². The highest BCUT2D eigenvalue weighted by Gasteiger charge is 2.31. The van der Waals surface area contributed by atoms with E-state index in [0.717, 1.165) is 5.56 Å². The van der Waals surface area contributed by atoms with Gasteiger partial charge in [0.05, 0.1) is 13.5 Å². The number of rotatable bonds is 3. The molecule has 0 saturated carbocycles. The molecular weight excluding hydrogens is 255 g/mol. The Balaban J connectivity index is 0.00000256. The molecule has 0 aromatic heterocycles. The predicted octanol–water partition coefficient (Wildman–Crippen LogP) is 3.38. The average molecular weight is 270 g/mol. The summed E-state index contributed by atoms with van der Waals surface area (Å²) in [6, 6.07) is 3.79. The van der Waals surface area contributed by atoms with Gasteiger partial charge in [0.15, 0.2) is 0 Å². The molecule has 1 rings (SSSR count). The molecule has 1 aromatic carbocycles. The summed E-state index contributed by atoms with van der Waals surface area (Å²) in [5.74, 6) is 0.551. The van der Waals surface area contributed by atoms with E-state index in [4.69, 9.17) is 10.5 Å². The lowest BCUT2D eigenvalue weighted by Gasteiger charge is -2.16. The van der Waals surface area contributed by atoms with Crippen LogP contribution in [0.5, 0.6) is 5.75 Å². The average Bonchev–Trinajstić information content (AvgIpc) is 2.15. The molecule has 1 atom stereocenters. The van der Waals surface area contributed by atoms with Crippen LogP contribution in [0, 0.1) is 6.92 Å². The maximum atomic E-state index is 12.1. The minimum Gasteiger partial charge on any atom is -0.496 e. The van der Waals surface area contributed by atoms with E-state index in [0.29, 0.717) is 11.3 Å². The predicted molar refractivity (Wildman–Crippen MR) is 62.6 cm³/mol. The standard InChI is InChI=1S/C11H14F3NO.ClH/c1-7-3-4-8(5-10(7)16-2)9(15)6-11(12,13)14;/h3-5,9H,6,15H2,1-2H3;1H/t9-;/m0./s1. The Morgan fingerprint density at radius 1 is 1.35 bits per heavy atom. The van der Waals surface area contributed by atoms with Gasteiger partial charge >= 0.3 is 6.18 Å². The van der Waals surface area contributed by atoms with E-state index in [9.17, 15) is 13.2 Å². The number of nitrogens with two attached hydrogens (primary N) is 1. The van der Waals surface area contributed by atoms with Gasteiger partial charge in [0, 0.05) is 6.04 Å². The zero-order chi connectivity index (χ0) is 12.3. The monoisotopic (exact) mass is 269 g/mol. The molecule has 0 aliphatic heterocycles. The van der Waals surface area contributed by atoms with Gasteiger partial charge in [0.2, 0.25) is 0 Å². The number of aryl methyl sites for hydroxylation is 1. The maximum Gasteiger partial charge on any atom is 0.390 e. The molecule has 0 fully saturated rings. The summed E-state index contributed by atoms with van der Waals surface area (Å²) in [6.07, 6.45) is -5.28. The lowest BCUT2D eigenvalue weighted by molar-refractivity contribution is -0.138. The van der Waals surface area contributed by atoms with E-state index >= 15 is 0 Å². The first-order valence-corrected chi connectivity index (χ1v) is 4.80. The fourth-order valence-electron chi connectivity index (χ4n) is 1.43. The van der Waals surface area contributed by atoms with Gasteiger partial charge in [-0.15, -0.1) is 12.4 Å². The van der Waals surface area contributed by atoms with Crippen molar-refractivity contribution in [1.29, 1.82) is 0 Å². The molecule has 1 aromatic rings. The summed E-state index contributed by atoms with van der Waals surface area (Å²) in [5, 5.41) is 0. The largest absolute Gasteiger partial charge is 0.496 e. The van der Waals surface area contributed by atoms with Crippen LogP contribution in [0.4, 0.5) is 13.2 Å². The molecule has 6 heteroatoms. The Labute approximate surface area is 104 Å². The van der Waals surface area contributed by atoms with Crippen LogP contribution in [-0.4, -0.2) is 13.3 Å². The van der Waals surface area contributed by atoms with Crippen molar-refractivity contribution in [3.63, 3.8) is 0 Å². The first-order valence-electron chi connectivity index (χ1n) is 4.80. The zero-order valence-electron chi connectivity index (χ0n) is 9.54. The molecule has 0 aliphatic rings. The van der Waals surface area contributed by atoms with Gasteiger partial charge in [0.25, 0.3) is 0 Å². The summed E-state index contributed by atoms with van der Waals surface area (Å²) in [7, 11) is 1.47. The number of ether oxygens (including phenoxy) is 1. The normalized spacial score (nSPS) is 12.8. The van der Waals surface area contributed by atoms with Gasteiger partial charge in [-0.1, -0.05) is 12.1 Å². The SMILES string of the molecule is COc1cc([C@@H](N)CC(F)(F)F)ccc1C.Cl. The molecule has 0 heterocycles. The fourth-order valence-corrected chi connectivity index (χ4v) is 1.43. The van der Waals surface area contributed by atoms with E-state index in [2.05, 4.69) is 0 Å². The molecule has 0 bridgehead atoms. The lowest BCUT2D eigenvalue weighted by Crippen LogP contribution is -2.20. The third-order valence-corrected chi connectivity index (χ3v) is 2.31. The van der Waals surface area contributed by atoms with Crippen molar-refractivity contribution in [2.24, 2.45) is 5.73 Å². The molecule has 0 spiro atoms. The minimum absolute atomic E-state index is 0. The minimum atomic E-state index is -4.25. The number of methoxy groups -OCH3 is 1. The summed E-state index contributed by atoms with van der Waals surface area (Å²) >= 11 is 0. The van der Waals surface area contributed by atoms with Gasteiger partial charge in [-0.2, -0.15) is 13.2 Å². The van der Waals surface area contributed by atoms with Crippen molar-refractivity contribution in [3.05, 3.63) is 29.3 Å². The Kier molecular flexibility index (Phi) is 5.78. The number of halogens is 4. The molecule has 0 radical (unpaired) electrons. The van der Waals surface area contributed by atoms with Crippen LogP contribution < -0.4 is 10.5 Å². The second-order valence-electron chi connectivity index (χ2n) is 3.65. The molecular formula is C11H15ClF3NO. The number of hydrogen-bond donors (Lipinski definition) is 1. The van der Waals surface area contributed by atoms with Crippen LogP contribution in [0.15, 0.2) is 18.2 Å². The Bertz CT molecular complexity index is 368. The highest BCUT2D eigenvalue weighted by Crippen LogP contribution is 2.30. The van der Waals surface area contributed by atoms with Crippen molar-refractivity contribution in [3.8, 4) is 5.75 Å². The second kappa shape index (κ2) is 6.12. The second-order valence-corrected chi connectivity index (χ2v) is 3.65. The quantitative estimate of drug-likeness (QED) is 0.913. The summed E-state index contributed by atoms with van der Waals surface area (Å²) in [6.45, 7) is 1.82. The van der Waals surface area contributed by atoms with E-state index in [1.807, 2.05) is 6.92 Å². The van der Waals surface area contributed by atoms with Gasteiger partial charge < -0.3 is 10.5 Å².